The molecule has 2 heterocycles. The molecule has 2 N–H and O–H groups in total. The maximum absolute atomic E-state index is 4.68. The summed E-state index contributed by atoms with van der Waals surface area (Å²) in [6, 6.07) is 0. The molecule has 2 rings (SSSR count). The van der Waals surface area contributed by atoms with Crippen molar-refractivity contribution < 1.29 is 0 Å². The summed E-state index contributed by atoms with van der Waals surface area (Å²) in [6.07, 6.45) is 0. The van der Waals surface area contributed by atoms with Crippen molar-refractivity contribution >= 4 is 17.3 Å². The second kappa shape index (κ2) is 7.59. The van der Waals surface area contributed by atoms with Crippen LogP contribution in [0.5, 0.6) is 0 Å². The van der Waals surface area contributed by atoms with Gasteiger partial charge in [-0.3, -0.25) is 4.68 Å². The zero-order valence-electron chi connectivity index (χ0n) is 14.8. The van der Waals surface area contributed by atoms with Crippen LogP contribution in [0.1, 0.15) is 39.5 Å². The highest BCUT2D eigenvalue weighted by atomic mass is 32.1. The van der Waals surface area contributed by atoms with Gasteiger partial charge in [-0.25, -0.2) is 9.98 Å². The van der Waals surface area contributed by atoms with E-state index in [1.165, 1.54) is 10.4 Å². The number of nitrogens with zero attached hydrogens (tertiary/aromatic N) is 4. The number of rotatable bonds is 5. The lowest BCUT2D eigenvalue weighted by Crippen LogP contribution is -2.36. The molecule has 6 nitrogen and oxygen atoms in total. The van der Waals surface area contributed by atoms with Crippen molar-refractivity contribution in [3.05, 3.63) is 32.5 Å². The van der Waals surface area contributed by atoms with Gasteiger partial charge in [-0.1, -0.05) is 0 Å². The molecule has 0 fully saturated rings. The molecule has 0 radical (unpaired) electrons. The van der Waals surface area contributed by atoms with Crippen molar-refractivity contribution in [2.75, 3.05) is 6.54 Å². The first-order valence-electron chi connectivity index (χ1n) is 7.86. The van der Waals surface area contributed by atoms with Crippen LogP contribution >= 0.6 is 11.3 Å². The monoisotopic (exact) mass is 334 g/mol. The highest BCUT2D eigenvalue weighted by Gasteiger charge is 2.09. The molecular formula is C16H26N6S. The molecule has 0 aliphatic heterocycles. The molecular weight excluding hydrogens is 308 g/mol. The third kappa shape index (κ3) is 4.31. The number of aliphatic imine (C=N–C) groups is 1. The van der Waals surface area contributed by atoms with Crippen LogP contribution < -0.4 is 10.6 Å². The van der Waals surface area contributed by atoms with Crippen LogP contribution in [-0.2, 0) is 20.1 Å². The molecule has 2 aromatic heterocycles. The van der Waals surface area contributed by atoms with E-state index in [1.807, 2.05) is 25.6 Å². The fourth-order valence-corrected chi connectivity index (χ4v) is 3.19. The molecule has 0 bridgehead atoms. The average molecular weight is 334 g/mol. The maximum Gasteiger partial charge on any atom is 0.191 e. The van der Waals surface area contributed by atoms with Gasteiger partial charge in [-0.15, -0.1) is 11.3 Å². The van der Waals surface area contributed by atoms with Gasteiger partial charge in [0.25, 0.3) is 0 Å². The molecule has 0 amide bonds. The van der Waals surface area contributed by atoms with Gasteiger partial charge < -0.3 is 10.6 Å². The molecule has 0 aliphatic carbocycles. The zero-order valence-corrected chi connectivity index (χ0v) is 15.6. The van der Waals surface area contributed by atoms with Crippen LogP contribution in [0.2, 0.25) is 0 Å². The van der Waals surface area contributed by atoms with Crippen molar-refractivity contribution in [3.63, 3.8) is 0 Å². The van der Waals surface area contributed by atoms with Crippen molar-refractivity contribution in [2.24, 2.45) is 12.0 Å². The van der Waals surface area contributed by atoms with Gasteiger partial charge >= 0.3 is 0 Å². The number of thiazole rings is 1. The third-order valence-electron chi connectivity index (χ3n) is 3.88. The van der Waals surface area contributed by atoms with Gasteiger partial charge in [0.15, 0.2) is 5.96 Å². The van der Waals surface area contributed by atoms with E-state index in [9.17, 15) is 0 Å². The molecule has 0 spiro atoms. The molecule has 0 saturated carbocycles. The van der Waals surface area contributed by atoms with Gasteiger partial charge in [-0.2, -0.15) is 5.10 Å². The Balaban J connectivity index is 2.05. The summed E-state index contributed by atoms with van der Waals surface area (Å²) in [7, 11) is 1.96. The third-order valence-corrected chi connectivity index (χ3v) is 4.95. The van der Waals surface area contributed by atoms with Crippen LogP contribution in [0.25, 0.3) is 0 Å². The average Bonchev–Trinajstić information content (AvgIpc) is 2.94. The van der Waals surface area contributed by atoms with Crippen molar-refractivity contribution in [1.82, 2.24) is 25.4 Å². The summed E-state index contributed by atoms with van der Waals surface area (Å²) in [5.74, 6) is 0.806. The SMILES string of the molecule is CCNC(=NCc1c(C)nn(C)c1C)NCc1nc(C)c(C)s1. The predicted octanol–water partition coefficient (Wildman–Crippen LogP) is 2.37. The Labute approximate surface area is 142 Å². The Morgan fingerprint density at radius 3 is 2.43 bits per heavy atom. The Kier molecular flexibility index (Phi) is 5.76. The van der Waals surface area contributed by atoms with Crippen molar-refractivity contribution in [1.29, 1.82) is 0 Å². The Hall–Kier alpha value is -1.89. The fourth-order valence-electron chi connectivity index (χ4n) is 2.32. The Morgan fingerprint density at radius 1 is 1.17 bits per heavy atom. The maximum atomic E-state index is 4.68. The smallest absolute Gasteiger partial charge is 0.191 e. The summed E-state index contributed by atoms with van der Waals surface area (Å²) in [5.41, 5.74) is 4.49. The molecule has 23 heavy (non-hydrogen) atoms. The standard InChI is InChI=1S/C16H26N6S/c1-7-17-16(19-9-15-20-10(2)13(5)23-15)18-8-14-11(3)21-22(6)12(14)4/h7-9H2,1-6H3,(H2,17,18,19). The van der Waals surface area contributed by atoms with E-state index in [-0.39, 0.29) is 0 Å². The number of aryl methyl sites for hydroxylation is 4. The largest absolute Gasteiger partial charge is 0.357 e. The predicted molar refractivity (Wildman–Crippen MR) is 95.9 cm³/mol. The first-order valence-corrected chi connectivity index (χ1v) is 8.68. The molecule has 126 valence electrons. The summed E-state index contributed by atoms with van der Waals surface area (Å²) < 4.78 is 1.90. The Bertz CT molecular complexity index is 678. The van der Waals surface area contributed by atoms with Gasteiger partial charge in [0.1, 0.15) is 5.01 Å². The minimum Gasteiger partial charge on any atom is -0.357 e. The topological polar surface area (TPSA) is 67.1 Å². The molecule has 0 saturated heterocycles. The summed E-state index contributed by atoms with van der Waals surface area (Å²) in [5, 5.41) is 12.2. The molecule has 0 aromatic carbocycles. The van der Waals surface area contributed by atoms with Crippen LogP contribution in [0.15, 0.2) is 4.99 Å². The van der Waals surface area contributed by atoms with E-state index in [2.05, 4.69) is 46.5 Å². The van der Waals surface area contributed by atoms with Crippen LogP contribution in [0.3, 0.4) is 0 Å². The highest BCUT2D eigenvalue weighted by Crippen LogP contribution is 2.16. The van der Waals surface area contributed by atoms with Crippen molar-refractivity contribution in [2.45, 2.75) is 47.7 Å². The first kappa shape index (κ1) is 17.5. The summed E-state index contributed by atoms with van der Waals surface area (Å²) in [4.78, 5) is 10.5. The molecule has 2 aromatic rings. The fraction of sp³-hybridized carbons (Fsp3) is 0.562. The number of hydrogen-bond acceptors (Lipinski definition) is 4. The zero-order chi connectivity index (χ0) is 17.0. The quantitative estimate of drug-likeness (QED) is 0.651. The second-order valence-corrected chi connectivity index (χ2v) is 6.86. The van der Waals surface area contributed by atoms with E-state index in [0.717, 1.165) is 34.6 Å². The van der Waals surface area contributed by atoms with Crippen molar-refractivity contribution in [3.8, 4) is 0 Å². The first-order chi connectivity index (χ1) is 10.9. The molecule has 7 heteroatoms. The van der Waals surface area contributed by atoms with Gasteiger partial charge in [0.2, 0.25) is 0 Å². The number of hydrogen-bond donors (Lipinski definition) is 2. The summed E-state index contributed by atoms with van der Waals surface area (Å²) >= 11 is 1.73. The lowest BCUT2D eigenvalue weighted by Gasteiger charge is -2.10. The van der Waals surface area contributed by atoms with Crippen LogP contribution in [-0.4, -0.2) is 27.3 Å². The van der Waals surface area contributed by atoms with Crippen LogP contribution in [0.4, 0.5) is 0 Å². The number of guanidine groups is 1. The molecule has 0 aliphatic rings. The second-order valence-electron chi connectivity index (χ2n) is 5.57. The van der Waals surface area contributed by atoms with E-state index in [1.54, 1.807) is 11.3 Å². The normalized spacial score (nSPS) is 11.8. The van der Waals surface area contributed by atoms with E-state index in [0.29, 0.717) is 13.1 Å². The van der Waals surface area contributed by atoms with Crippen LogP contribution in [0, 0.1) is 27.7 Å². The minimum atomic E-state index is 0.622. The number of nitrogens with one attached hydrogen (secondary N) is 2. The lowest BCUT2D eigenvalue weighted by atomic mass is 10.2. The Morgan fingerprint density at radius 2 is 1.91 bits per heavy atom. The van der Waals surface area contributed by atoms with E-state index in [4.69, 9.17) is 0 Å². The lowest BCUT2D eigenvalue weighted by molar-refractivity contribution is 0.730. The molecule has 0 unspecified atom stereocenters. The van der Waals surface area contributed by atoms with E-state index >= 15 is 0 Å². The van der Waals surface area contributed by atoms with E-state index < -0.39 is 0 Å². The molecule has 0 atom stereocenters. The highest BCUT2D eigenvalue weighted by molar-refractivity contribution is 7.11. The van der Waals surface area contributed by atoms with Gasteiger partial charge in [0, 0.05) is 29.7 Å². The van der Waals surface area contributed by atoms with Gasteiger partial charge in [-0.05, 0) is 34.6 Å². The minimum absolute atomic E-state index is 0.622. The number of aromatic nitrogens is 3. The van der Waals surface area contributed by atoms with Gasteiger partial charge in [0.05, 0.1) is 24.5 Å². The summed E-state index contributed by atoms with van der Waals surface area (Å²) in [6.45, 7) is 12.5.